The third-order valence-electron chi connectivity index (χ3n) is 6.01. The van der Waals surface area contributed by atoms with Crippen molar-refractivity contribution in [3.8, 4) is 11.4 Å². The molecule has 10 heteroatoms. The van der Waals surface area contributed by atoms with E-state index >= 15 is 0 Å². The number of carbonyl (C=O) groups is 2. The van der Waals surface area contributed by atoms with Gasteiger partial charge >= 0.3 is 12.0 Å². The molecule has 2 amide bonds. The number of fused-ring (bicyclic) bond motifs is 5. The highest BCUT2D eigenvalue weighted by Gasteiger charge is 2.45. The van der Waals surface area contributed by atoms with E-state index in [1.165, 1.54) is 6.21 Å². The standard InChI is InChI=1S/C22H19N5O5/c1-2-22(31)15-7-17-18-13(9-27(17)19(28)14(15)10-32-20(22)29)12(8-24-26-21(23)30)11-5-3-4-6-16(11)25-18/h3-8,31H,2,9-10H2,1H3,(H3,23,26,30)/b24-8+/t22-/m0/s1. The van der Waals surface area contributed by atoms with Crippen LogP contribution in [0.3, 0.4) is 0 Å². The van der Waals surface area contributed by atoms with Crippen molar-refractivity contribution in [3.63, 3.8) is 0 Å². The zero-order chi connectivity index (χ0) is 22.6. The minimum Gasteiger partial charge on any atom is -0.458 e. The number of primary amides is 1. The number of para-hydroxylation sites is 1. The second kappa shape index (κ2) is 6.99. The molecule has 2 aromatic heterocycles. The van der Waals surface area contributed by atoms with Crippen LogP contribution in [0.25, 0.3) is 22.3 Å². The normalized spacial score (nSPS) is 18.9. The quantitative estimate of drug-likeness (QED) is 0.250. The third-order valence-corrected chi connectivity index (χ3v) is 6.01. The highest BCUT2D eigenvalue weighted by molar-refractivity contribution is 6.02. The Kier molecular flexibility index (Phi) is 4.34. The molecule has 10 nitrogen and oxygen atoms in total. The molecular formula is C22H19N5O5. The lowest BCUT2D eigenvalue weighted by Gasteiger charge is -2.31. The van der Waals surface area contributed by atoms with Gasteiger partial charge in [0, 0.05) is 22.1 Å². The van der Waals surface area contributed by atoms with E-state index in [0.29, 0.717) is 22.5 Å². The van der Waals surface area contributed by atoms with Gasteiger partial charge in [0.1, 0.15) is 6.61 Å². The van der Waals surface area contributed by atoms with Crippen LogP contribution in [0.1, 0.15) is 35.6 Å². The Labute approximate surface area is 181 Å². The van der Waals surface area contributed by atoms with Gasteiger partial charge in [-0.15, -0.1) is 0 Å². The van der Waals surface area contributed by atoms with Gasteiger partial charge in [0.25, 0.3) is 5.56 Å². The SMILES string of the molecule is CC[C@@]1(O)C(=O)OCc2c1cc1n(c2=O)Cc2c-1nc1ccccc1c2/C=N/NC(N)=O. The van der Waals surface area contributed by atoms with Gasteiger partial charge in [0.05, 0.1) is 35.2 Å². The predicted molar refractivity (Wildman–Crippen MR) is 115 cm³/mol. The number of hydrogen-bond donors (Lipinski definition) is 3. The zero-order valence-corrected chi connectivity index (χ0v) is 17.1. The number of hydrazone groups is 1. The van der Waals surface area contributed by atoms with Gasteiger partial charge in [0.15, 0.2) is 5.60 Å². The molecule has 0 spiro atoms. The summed E-state index contributed by atoms with van der Waals surface area (Å²) in [5.41, 5.74) is 8.66. The number of nitrogens with one attached hydrogen (secondary N) is 1. The third kappa shape index (κ3) is 2.73. The van der Waals surface area contributed by atoms with Crippen LogP contribution in [0, 0.1) is 0 Å². The first kappa shape index (κ1) is 19.9. The molecule has 0 aliphatic carbocycles. The van der Waals surface area contributed by atoms with Gasteiger partial charge in [0.2, 0.25) is 0 Å². The van der Waals surface area contributed by atoms with Crippen LogP contribution in [0.5, 0.6) is 0 Å². The van der Waals surface area contributed by atoms with Gasteiger partial charge in [-0.3, -0.25) is 4.79 Å². The number of pyridine rings is 2. The second-order valence-corrected chi connectivity index (χ2v) is 7.71. The number of carbonyl (C=O) groups excluding carboxylic acids is 2. The molecule has 162 valence electrons. The van der Waals surface area contributed by atoms with E-state index in [2.05, 4.69) is 10.5 Å². The molecule has 0 saturated carbocycles. The van der Waals surface area contributed by atoms with Crippen molar-refractivity contribution in [1.82, 2.24) is 15.0 Å². The number of rotatable bonds is 3. The Balaban J connectivity index is 1.78. The molecule has 2 aliphatic heterocycles. The number of urea groups is 1. The van der Waals surface area contributed by atoms with Crippen molar-refractivity contribution in [2.75, 3.05) is 0 Å². The van der Waals surface area contributed by atoms with Crippen LogP contribution >= 0.6 is 0 Å². The summed E-state index contributed by atoms with van der Waals surface area (Å²) in [6.07, 6.45) is 1.54. The maximum Gasteiger partial charge on any atom is 0.343 e. The number of amides is 2. The topological polar surface area (TPSA) is 149 Å². The molecular weight excluding hydrogens is 414 g/mol. The maximum absolute atomic E-state index is 13.3. The lowest BCUT2D eigenvalue weighted by molar-refractivity contribution is -0.172. The summed E-state index contributed by atoms with van der Waals surface area (Å²) in [6, 6.07) is 8.24. The van der Waals surface area contributed by atoms with Crippen molar-refractivity contribution in [3.05, 3.63) is 62.9 Å². The van der Waals surface area contributed by atoms with Gasteiger partial charge in [-0.05, 0) is 18.6 Å². The van der Waals surface area contributed by atoms with Crippen molar-refractivity contribution < 1.29 is 19.4 Å². The maximum atomic E-state index is 13.3. The molecule has 5 rings (SSSR count). The number of nitrogens with two attached hydrogens (primary N) is 1. The summed E-state index contributed by atoms with van der Waals surface area (Å²) >= 11 is 0. The van der Waals surface area contributed by atoms with Crippen LogP contribution in [-0.2, 0) is 28.3 Å². The monoisotopic (exact) mass is 433 g/mol. The highest BCUT2D eigenvalue weighted by Crippen LogP contribution is 2.39. The Morgan fingerprint density at radius 3 is 2.91 bits per heavy atom. The predicted octanol–water partition coefficient (Wildman–Crippen LogP) is 1.08. The second-order valence-electron chi connectivity index (χ2n) is 7.71. The van der Waals surface area contributed by atoms with Crippen LogP contribution < -0.4 is 16.7 Å². The fourth-order valence-corrected chi connectivity index (χ4v) is 4.37. The smallest absolute Gasteiger partial charge is 0.343 e. The van der Waals surface area contributed by atoms with Gasteiger partial charge in [-0.2, -0.15) is 5.10 Å². The minimum atomic E-state index is -1.89. The molecule has 0 radical (unpaired) electrons. The average molecular weight is 433 g/mol. The van der Waals surface area contributed by atoms with E-state index in [0.717, 1.165) is 10.9 Å². The summed E-state index contributed by atoms with van der Waals surface area (Å²) in [7, 11) is 0. The summed E-state index contributed by atoms with van der Waals surface area (Å²) in [6.45, 7) is 1.67. The lowest BCUT2D eigenvalue weighted by atomic mass is 9.86. The molecule has 1 atom stereocenters. The first-order valence-corrected chi connectivity index (χ1v) is 10.0. The molecule has 3 aromatic rings. The molecule has 32 heavy (non-hydrogen) atoms. The fraction of sp³-hybridized carbons (Fsp3) is 0.227. The minimum absolute atomic E-state index is 0.0659. The number of hydrogen-bond acceptors (Lipinski definition) is 7. The van der Waals surface area contributed by atoms with Gasteiger partial charge in [-0.1, -0.05) is 25.1 Å². The first-order chi connectivity index (χ1) is 15.3. The number of cyclic esters (lactones) is 1. The van der Waals surface area contributed by atoms with E-state index in [4.69, 9.17) is 15.5 Å². The Morgan fingerprint density at radius 1 is 1.38 bits per heavy atom. The molecule has 4 N–H and O–H groups in total. The number of ether oxygens (including phenoxy) is 1. The number of aliphatic hydroxyl groups is 1. The molecule has 2 aliphatic rings. The average Bonchev–Trinajstić information content (AvgIpc) is 3.15. The van der Waals surface area contributed by atoms with Crippen LogP contribution in [0.2, 0.25) is 0 Å². The van der Waals surface area contributed by atoms with E-state index in [1.54, 1.807) is 17.6 Å². The van der Waals surface area contributed by atoms with E-state index in [9.17, 15) is 19.5 Å². The lowest BCUT2D eigenvalue weighted by Crippen LogP contribution is -2.44. The van der Waals surface area contributed by atoms with Crippen molar-refractivity contribution >= 4 is 29.1 Å². The Bertz CT molecular complexity index is 1410. The molecule has 0 saturated heterocycles. The van der Waals surface area contributed by atoms with Crippen LogP contribution in [0.4, 0.5) is 4.79 Å². The van der Waals surface area contributed by atoms with E-state index in [1.807, 2.05) is 24.3 Å². The van der Waals surface area contributed by atoms with E-state index < -0.39 is 17.6 Å². The van der Waals surface area contributed by atoms with Gasteiger partial charge < -0.3 is 20.1 Å². The molecule has 0 fully saturated rings. The number of nitrogens with zero attached hydrogens (tertiary/aromatic N) is 3. The summed E-state index contributed by atoms with van der Waals surface area (Å²) in [4.78, 5) is 41.4. The highest BCUT2D eigenvalue weighted by atomic mass is 16.6. The van der Waals surface area contributed by atoms with Crippen molar-refractivity contribution in [1.29, 1.82) is 0 Å². The number of esters is 1. The zero-order valence-electron chi connectivity index (χ0n) is 17.1. The van der Waals surface area contributed by atoms with Crippen molar-refractivity contribution in [2.24, 2.45) is 10.8 Å². The van der Waals surface area contributed by atoms with Gasteiger partial charge in [-0.25, -0.2) is 20.0 Å². The van der Waals surface area contributed by atoms with Crippen LogP contribution in [-0.4, -0.2) is 32.9 Å². The summed E-state index contributed by atoms with van der Waals surface area (Å²) in [5.74, 6) is -0.771. The van der Waals surface area contributed by atoms with E-state index in [-0.39, 0.29) is 36.3 Å². The van der Waals surface area contributed by atoms with Crippen LogP contribution in [0.15, 0.2) is 40.2 Å². The molecule has 0 unspecified atom stereocenters. The first-order valence-electron chi connectivity index (χ1n) is 10.0. The largest absolute Gasteiger partial charge is 0.458 e. The summed E-state index contributed by atoms with van der Waals surface area (Å²) in [5, 5.41) is 15.7. The number of aromatic nitrogens is 2. The number of benzene rings is 1. The fourth-order valence-electron chi connectivity index (χ4n) is 4.37. The molecule has 4 heterocycles. The summed E-state index contributed by atoms with van der Waals surface area (Å²) < 4.78 is 6.64. The van der Waals surface area contributed by atoms with Crippen molar-refractivity contribution in [2.45, 2.75) is 32.1 Å². The Hall–Kier alpha value is -4.05. The Morgan fingerprint density at radius 2 is 2.16 bits per heavy atom. The molecule has 0 bridgehead atoms. The molecule has 1 aromatic carbocycles.